The molecular formula is C17H22N5O13P3. The quantitative estimate of drug-likeness (QED) is 0.165. The first kappa shape index (κ1) is 28.9. The molecule has 2 aromatic heterocycles. The van der Waals surface area contributed by atoms with E-state index in [0.717, 1.165) is 5.56 Å². The molecule has 3 heterocycles. The fourth-order valence-corrected chi connectivity index (χ4v) is 6.58. The van der Waals surface area contributed by atoms with Crippen molar-refractivity contribution in [2.75, 3.05) is 12.3 Å². The van der Waals surface area contributed by atoms with E-state index in [-0.39, 0.29) is 23.6 Å². The lowest BCUT2D eigenvalue weighted by molar-refractivity contribution is -0.0759. The van der Waals surface area contributed by atoms with Crippen molar-refractivity contribution in [3.05, 3.63) is 48.5 Å². The van der Waals surface area contributed by atoms with Gasteiger partial charge < -0.3 is 39.9 Å². The standard InChI is InChI=1S/C17H22N5O13P3/c18-15-12-16(20-8-19-15)22(9-21-12)17-14(31-6-10-4-2-1-3-5-10)13(23)11(33-17)7-32-37(27,28)35-38(29,30)34-36(24,25)26/h1-5,8-9,11,13-14,17,23H,6-7H2,(H,27,28)(H,29,30)(H2,18,19,20)(H2,24,25,26)/t11-,13-,14-,17-/m1/s1. The van der Waals surface area contributed by atoms with E-state index in [4.69, 9.17) is 25.0 Å². The average molecular weight is 597 g/mol. The maximum absolute atomic E-state index is 12.1. The smallest absolute Gasteiger partial charge is 0.387 e. The van der Waals surface area contributed by atoms with Crippen LogP contribution in [-0.4, -0.2) is 69.1 Å². The maximum Gasteiger partial charge on any atom is 0.490 e. The fraction of sp³-hybridized carbons (Fsp3) is 0.353. The molecule has 4 rings (SSSR count). The SMILES string of the molecule is Nc1ncnc2c1ncn2[C@@H]1O[C@H](COP(=O)(O)OP(=O)(O)OP(=O)(O)O)[C@@H](O)[C@H]1OCc1ccccc1. The molecular weight excluding hydrogens is 575 g/mol. The average Bonchev–Trinajstić information content (AvgIpc) is 3.36. The van der Waals surface area contributed by atoms with Crippen LogP contribution in [0.2, 0.25) is 0 Å². The van der Waals surface area contributed by atoms with Crippen LogP contribution in [-0.2, 0) is 42.9 Å². The molecule has 1 saturated heterocycles. The van der Waals surface area contributed by atoms with Gasteiger partial charge in [-0.1, -0.05) is 30.3 Å². The van der Waals surface area contributed by atoms with Gasteiger partial charge in [-0.05, 0) is 5.56 Å². The van der Waals surface area contributed by atoms with Gasteiger partial charge in [-0.3, -0.25) is 9.09 Å². The maximum atomic E-state index is 12.1. The van der Waals surface area contributed by atoms with Crippen molar-refractivity contribution >= 4 is 40.4 Å². The predicted octanol–water partition coefficient (Wildman–Crippen LogP) is 0.595. The van der Waals surface area contributed by atoms with Crippen LogP contribution in [0, 0.1) is 0 Å². The second-order valence-corrected chi connectivity index (χ2v) is 12.2. The van der Waals surface area contributed by atoms with Gasteiger partial charge in [-0.15, -0.1) is 0 Å². The number of nitrogens with two attached hydrogens (primary N) is 1. The minimum atomic E-state index is -5.72. The third kappa shape index (κ3) is 7.08. The van der Waals surface area contributed by atoms with Crippen molar-refractivity contribution in [3.8, 4) is 0 Å². The first-order valence-corrected chi connectivity index (χ1v) is 15.0. The summed E-state index contributed by atoms with van der Waals surface area (Å²) in [6, 6.07) is 8.94. The number of aliphatic hydroxyl groups excluding tert-OH is 1. The van der Waals surface area contributed by atoms with Crippen LogP contribution in [0.5, 0.6) is 0 Å². The summed E-state index contributed by atoms with van der Waals surface area (Å²) >= 11 is 0. The number of hydrogen-bond acceptors (Lipinski definition) is 13. The largest absolute Gasteiger partial charge is 0.490 e. The van der Waals surface area contributed by atoms with E-state index in [1.165, 1.54) is 17.2 Å². The number of aromatic nitrogens is 4. The normalized spacial score (nSPS) is 25.3. The zero-order chi connectivity index (χ0) is 27.7. The molecule has 1 fully saturated rings. The molecule has 1 aliphatic heterocycles. The summed E-state index contributed by atoms with van der Waals surface area (Å²) in [5.74, 6) is 0.0817. The van der Waals surface area contributed by atoms with Crippen LogP contribution >= 0.6 is 23.5 Å². The van der Waals surface area contributed by atoms with Crippen molar-refractivity contribution in [1.82, 2.24) is 19.5 Å². The first-order valence-electron chi connectivity index (χ1n) is 10.4. The number of fused-ring (bicyclic) bond motifs is 1. The molecule has 0 bridgehead atoms. The van der Waals surface area contributed by atoms with Gasteiger partial charge in [0.2, 0.25) is 0 Å². The summed E-state index contributed by atoms with van der Waals surface area (Å²) in [7, 11) is -16.7. The summed E-state index contributed by atoms with van der Waals surface area (Å²) < 4.78 is 59.6. The summed E-state index contributed by atoms with van der Waals surface area (Å²) in [5.41, 5.74) is 7.07. The first-order chi connectivity index (χ1) is 17.7. The molecule has 6 atom stereocenters. The molecule has 38 heavy (non-hydrogen) atoms. The minimum Gasteiger partial charge on any atom is -0.387 e. The monoisotopic (exact) mass is 597 g/mol. The number of phosphoric acid groups is 3. The third-order valence-electron chi connectivity index (χ3n) is 5.08. The van der Waals surface area contributed by atoms with E-state index in [0.29, 0.717) is 0 Å². The van der Waals surface area contributed by atoms with Crippen molar-refractivity contribution < 1.29 is 61.0 Å². The number of hydrogen-bond donors (Lipinski definition) is 6. The number of nitrogens with zero attached hydrogens (tertiary/aromatic N) is 4. The highest BCUT2D eigenvalue weighted by Crippen LogP contribution is 2.66. The van der Waals surface area contributed by atoms with Crippen molar-refractivity contribution in [2.45, 2.75) is 31.1 Å². The topological polar surface area (TPSA) is 268 Å². The number of nitrogen functional groups attached to an aromatic ring is 1. The number of phosphoric ester groups is 1. The second-order valence-electron chi connectivity index (χ2n) is 7.79. The van der Waals surface area contributed by atoms with E-state index in [9.17, 15) is 28.6 Å². The van der Waals surface area contributed by atoms with E-state index < -0.39 is 54.6 Å². The third-order valence-corrected chi connectivity index (χ3v) is 8.88. The minimum absolute atomic E-state index is 0.0365. The number of aliphatic hydroxyl groups is 1. The van der Waals surface area contributed by atoms with Gasteiger partial charge in [0.25, 0.3) is 0 Å². The van der Waals surface area contributed by atoms with Gasteiger partial charge in [0.15, 0.2) is 17.7 Å². The lowest BCUT2D eigenvalue weighted by Gasteiger charge is -2.22. The van der Waals surface area contributed by atoms with Gasteiger partial charge in [0.05, 0.1) is 19.5 Å². The van der Waals surface area contributed by atoms with E-state index >= 15 is 0 Å². The Bertz CT molecular complexity index is 1420. The molecule has 208 valence electrons. The molecule has 2 unspecified atom stereocenters. The lowest BCUT2D eigenvalue weighted by Crippen LogP contribution is -2.35. The molecule has 0 spiro atoms. The number of rotatable bonds is 11. The number of anilines is 1. The molecule has 0 amide bonds. The highest BCUT2D eigenvalue weighted by atomic mass is 31.3. The summed E-state index contributed by atoms with van der Waals surface area (Å²) in [6.45, 7) is -0.856. The molecule has 0 aliphatic carbocycles. The Morgan fingerprint density at radius 3 is 2.39 bits per heavy atom. The lowest BCUT2D eigenvalue weighted by atomic mass is 10.1. The Hall–Kier alpha value is -2.14. The predicted molar refractivity (Wildman–Crippen MR) is 124 cm³/mol. The van der Waals surface area contributed by atoms with Gasteiger partial charge >= 0.3 is 23.5 Å². The second kappa shape index (κ2) is 11.2. The van der Waals surface area contributed by atoms with Crippen molar-refractivity contribution in [2.24, 2.45) is 0 Å². The Morgan fingerprint density at radius 1 is 1.00 bits per heavy atom. The highest BCUT2D eigenvalue weighted by Gasteiger charge is 2.48. The molecule has 7 N–H and O–H groups in total. The molecule has 0 saturated carbocycles. The fourth-order valence-electron chi connectivity index (χ4n) is 3.55. The van der Waals surface area contributed by atoms with Crippen LogP contribution < -0.4 is 5.73 Å². The Balaban J connectivity index is 1.53. The van der Waals surface area contributed by atoms with Crippen molar-refractivity contribution in [3.63, 3.8) is 0 Å². The zero-order valence-electron chi connectivity index (χ0n) is 19.0. The number of imidazole rings is 1. The number of benzene rings is 1. The van der Waals surface area contributed by atoms with E-state index in [1.807, 2.05) is 0 Å². The van der Waals surface area contributed by atoms with Crippen LogP contribution in [0.3, 0.4) is 0 Å². The van der Waals surface area contributed by atoms with Crippen LogP contribution in [0.15, 0.2) is 43.0 Å². The molecule has 1 aliphatic rings. The van der Waals surface area contributed by atoms with Gasteiger partial charge in [0.1, 0.15) is 30.2 Å². The summed E-state index contributed by atoms with van der Waals surface area (Å²) in [5, 5.41) is 10.9. The summed E-state index contributed by atoms with van der Waals surface area (Å²) in [6.07, 6.45) is -2.58. The van der Waals surface area contributed by atoms with E-state index in [2.05, 4.69) is 28.1 Å². The molecule has 21 heteroatoms. The molecule has 3 aromatic rings. The molecule has 1 aromatic carbocycles. The van der Waals surface area contributed by atoms with Crippen LogP contribution in [0.4, 0.5) is 5.82 Å². The highest BCUT2D eigenvalue weighted by molar-refractivity contribution is 7.66. The summed E-state index contributed by atoms with van der Waals surface area (Å²) in [4.78, 5) is 48.5. The molecule has 0 radical (unpaired) electrons. The Kier molecular flexibility index (Phi) is 8.47. The van der Waals surface area contributed by atoms with Gasteiger partial charge in [-0.2, -0.15) is 8.62 Å². The number of ether oxygens (including phenoxy) is 2. The molecule has 18 nitrogen and oxygen atoms in total. The van der Waals surface area contributed by atoms with Crippen molar-refractivity contribution in [1.29, 1.82) is 0 Å². The zero-order valence-corrected chi connectivity index (χ0v) is 21.7. The Morgan fingerprint density at radius 2 is 1.71 bits per heavy atom. The van der Waals surface area contributed by atoms with E-state index in [1.54, 1.807) is 30.3 Å². The Labute approximate surface area is 213 Å². The van der Waals surface area contributed by atoms with Gasteiger partial charge in [-0.25, -0.2) is 28.6 Å². The van der Waals surface area contributed by atoms with Crippen LogP contribution in [0.25, 0.3) is 11.2 Å². The van der Waals surface area contributed by atoms with Crippen LogP contribution in [0.1, 0.15) is 11.8 Å². The van der Waals surface area contributed by atoms with Gasteiger partial charge in [0, 0.05) is 0 Å².